The number of carbonyl (C=O) groups excluding carboxylic acids is 1. The normalized spacial score (nSPS) is 19.7. The summed E-state index contributed by atoms with van der Waals surface area (Å²) in [6, 6.07) is 3.09. The maximum atomic E-state index is 11.9. The van der Waals surface area contributed by atoms with Crippen molar-refractivity contribution in [2.45, 2.75) is 17.6 Å². The van der Waals surface area contributed by atoms with E-state index in [4.69, 9.17) is 10.3 Å². The summed E-state index contributed by atoms with van der Waals surface area (Å²) in [5.41, 5.74) is 0. The summed E-state index contributed by atoms with van der Waals surface area (Å²) < 4.78 is 29.2. The number of hydrogen-bond acceptors (Lipinski definition) is 8. The van der Waals surface area contributed by atoms with Gasteiger partial charge in [0, 0.05) is 6.04 Å². The van der Waals surface area contributed by atoms with Crippen LogP contribution in [0.4, 0.5) is 0 Å². The number of aromatic nitrogens is 3. The maximum absolute atomic E-state index is 11.9. The van der Waals surface area contributed by atoms with Crippen molar-refractivity contribution in [1.82, 2.24) is 20.2 Å². The SMILES string of the molecule is Nn1c(SCC(=O)N[C@@H]2CCS(=O)(=O)C2)nnc1-c1ccco1. The second kappa shape index (κ2) is 6.24. The molecular weight excluding hydrogens is 342 g/mol. The second-order valence-electron chi connectivity index (χ2n) is 5.11. The summed E-state index contributed by atoms with van der Waals surface area (Å²) in [4.78, 5) is 11.9. The van der Waals surface area contributed by atoms with Crippen molar-refractivity contribution in [3.05, 3.63) is 18.4 Å². The van der Waals surface area contributed by atoms with Crippen molar-refractivity contribution in [3.8, 4) is 11.6 Å². The van der Waals surface area contributed by atoms with Crippen LogP contribution in [0.5, 0.6) is 0 Å². The van der Waals surface area contributed by atoms with Crippen molar-refractivity contribution < 1.29 is 17.6 Å². The number of nitrogens with two attached hydrogens (primary N) is 1. The van der Waals surface area contributed by atoms with Crippen LogP contribution in [0, 0.1) is 0 Å². The Bertz CT molecular complexity index is 800. The quantitative estimate of drug-likeness (QED) is 0.548. The molecule has 0 saturated carbocycles. The van der Waals surface area contributed by atoms with E-state index in [9.17, 15) is 13.2 Å². The first-order valence-corrected chi connectivity index (χ1v) is 9.62. The number of rotatable bonds is 5. The van der Waals surface area contributed by atoms with E-state index < -0.39 is 9.84 Å². The first-order chi connectivity index (χ1) is 10.9. The number of nitrogens with one attached hydrogen (secondary N) is 1. The molecule has 0 aliphatic carbocycles. The topological polar surface area (TPSA) is 133 Å². The van der Waals surface area contributed by atoms with E-state index in [1.165, 1.54) is 10.9 Å². The monoisotopic (exact) mass is 357 g/mol. The van der Waals surface area contributed by atoms with E-state index in [0.29, 0.717) is 23.2 Å². The van der Waals surface area contributed by atoms with Gasteiger partial charge in [0.25, 0.3) is 0 Å². The number of amides is 1. The van der Waals surface area contributed by atoms with E-state index in [-0.39, 0.29) is 29.2 Å². The molecule has 124 valence electrons. The summed E-state index contributed by atoms with van der Waals surface area (Å²) in [6.45, 7) is 0. The van der Waals surface area contributed by atoms with Crippen molar-refractivity contribution in [2.75, 3.05) is 23.1 Å². The Morgan fingerprint density at radius 2 is 2.35 bits per heavy atom. The largest absolute Gasteiger partial charge is 0.461 e. The number of carbonyl (C=O) groups is 1. The van der Waals surface area contributed by atoms with E-state index in [1.807, 2.05) is 0 Å². The highest BCUT2D eigenvalue weighted by molar-refractivity contribution is 7.99. The fourth-order valence-electron chi connectivity index (χ4n) is 2.26. The Labute approximate surface area is 136 Å². The lowest BCUT2D eigenvalue weighted by atomic mass is 10.3. The smallest absolute Gasteiger partial charge is 0.230 e. The maximum Gasteiger partial charge on any atom is 0.230 e. The minimum Gasteiger partial charge on any atom is -0.461 e. The number of thioether (sulfide) groups is 1. The average Bonchev–Trinajstić information content (AvgIpc) is 3.18. The van der Waals surface area contributed by atoms with Crippen LogP contribution < -0.4 is 11.2 Å². The highest BCUT2D eigenvalue weighted by Crippen LogP contribution is 2.21. The van der Waals surface area contributed by atoms with Gasteiger partial charge in [0.2, 0.25) is 16.9 Å². The van der Waals surface area contributed by atoms with Gasteiger partial charge in [-0.25, -0.2) is 13.1 Å². The van der Waals surface area contributed by atoms with Crippen molar-refractivity contribution in [3.63, 3.8) is 0 Å². The van der Waals surface area contributed by atoms with Gasteiger partial charge in [0.15, 0.2) is 15.6 Å². The highest BCUT2D eigenvalue weighted by atomic mass is 32.2. The van der Waals surface area contributed by atoms with E-state index in [0.717, 1.165) is 11.8 Å². The lowest BCUT2D eigenvalue weighted by Gasteiger charge is -2.10. The average molecular weight is 357 g/mol. The summed E-state index contributed by atoms with van der Waals surface area (Å²) in [5, 5.41) is 10.9. The molecule has 9 nitrogen and oxygen atoms in total. The Morgan fingerprint density at radius 1 is 1.52 bits per heavy atom. The number of furan rings is 1. The number of hydrogen-bond donors (Lipinski definition) is 2. The summed E-state index contributed by atoms with van der Waals surface area (Å²) in [7, 11) is -3.02. The molecule has 1 saturated heterocycles. The standard InChI is InChI=1S/C12H15N5O4S2/c13-17-11(9-2-1-4-21-9)15-16-12(17)22-6-10(18)14-8-3-5-23(19,20)7-8/h1-2,4,8H,3,5-7,13H2,(H,14,18)/t8-/m1/s1. The van der Waals surface area contributed by atoms with Crippen LogP contribution in [0.2, 0.25) is 0 Å². The Morgan fingerprint density at radius 3 is 3.00 bits per heavy atom. The van der Waals surface area contributed by atoms with Crippen LogP contribution in [0.1, 0.15) is 6.42 Å². The van der Waals surface area contributed by atoms with Crippen LogP contribution in [0.25, 0.3) is 11.6 Å². The number of nitrogen functional groups attached to an aromatic ring is 1. The third-order valence-electron chi connectivity index (χ3n) is 3.34. The van der Waals surface area contributed by atoms with Gasteiger partial charge >= 0.3 is 0 Å². The number of sulfone groups is 1. The van der Waals surface area contributed by atoms with Gasteiger partial charge in [0.1, 0.15) is 0 Å². The Kier molecular flexibility index (Phi) is 4.31. The molecule has 1 aliphatic rings. The van der Waals surface area contributed by atoms with Crippen LogP contribution in [-0.2, 0) is 14.6 Å². The third-order valence-corrected chi connectivity index (χ3v) is 6.05. The molecule has 1 atom stereocenters. The van der Waals surface area contributed by atoms with Gasteiger partial charge in [-0.05, 0) is 18.6 Å². The molecule has 0 bridgehead atoms. The van der Waals surface area contributed by atoms with Crippen LogP contribution >= 0.6 is 11.8 Å². The van der Waals surface area contributed by atoms with Crippen molar-refractivity contribution >= 4 is 27.5 Å². The molecule has 1 aliphatic heterocycles. The molecule has 3 heterocycles. The summed E-state index contributed by atoms with van der Waals surface area (Å²) in [5.74, 6) is 6.65. The van der Waals surface area contributed by atoms with Gasteiger partial charge in [-0.1, -0.05) is 11.8 Å². The summed E-state index contributed by atoms with van der Waals surface area (Å²) >= 11 is 1.12. The molecule has 0 unspecified atom stereocenters. The second-order valence-corrected chi connectivity index (χ2v) is 8.28. The third kappa shape index (κ3) is 3.67. The molecule has 3 rings (SSSR count). The number of nitrogens with zero attached hydrogens (tertiary/aromatic N) is 3. The first kappa shape index (κ1) is 15.9. The molecule has 1 fully saturated rings. The zero-order valence-electron chi connectivity index (χ0n) is 12.0. The van der Waals surface area contributed by atoms with Crippen LogP contribution in [-0.4, -0.2) is 52.5 Å². The van der Waals surface area contributed by atoms with Crippen molar-refractivity contribution in [1.29, 1.82) is 0 Å². The van der Waals surface area contributed by atoms with E-state index >= 15 is 0 Å². The molecule has 0 spiro atoms. The van der Waals surface area contributed by atoms with E-state index in [1.54, 1.807) is 12.1 Å². The molecule has 11 heteroatoms. The predicted molar refractivity (Wildman–Crippen MR) is 83.8 cm³/mol. The highest BCUT2D eigenvalue weighted by Gasteiger charge is 2.29. The molecule has 0 radical (unpaired) electrons. The molecule has 1 amide bonds. The molecule has 0 aromatic carbocycles. The van der Waals surface area contributed by atoms with Gasteiger partial charge in [-0.2, -0.15) is 0 Å². The van der Waals surface area contributed by atoms with Gasteiger partial charge in [-0.15, -0.1) is 10.2 Å². The lowest BCUT2D eigenvalue weighted by molar-refractivity contribution is -0.119. The van der Waals surface area contributed by atoms with Gasteiger partial charge in [-0.3, -0.25) is 4.79 Å². The lowest BCUT2D eigenvalue weighted by Crippen LogP contribution is -2.36. The van der Waals surface area contributed by atoms with Crippen LogP contribution in [0.3, 0.4) is 0 Å². The minimum absolute atomic E-state index is 0.000873. The fraction of sp³-hybridized carbons (Fsp3) is 0.417. The fourth-order valence-corrected chi connectivity index (χ4v) is 4.60. The molecule has 23 heavy (non-hydrogen) atoms. The molecule has 2 aromatic rings. The zero-order chi connectivity index (χ0) is 16.4. The van der Waals surface area contributed by atoms with E-state index in [2.05, 4.69) is 15.5 Å². The predicted octanol–water partition coefficient (Wildman–Crippen LogP) is -0.353. The molecule has 2 aromatic heterocycles. The molecule has 3 N–H and O–H groups in total. The van der Waals surface area contributed by atoms with Crippen LogP contribution in [0.15, 0.2) is 28.0 Å². The first-order valence-electron chi connectivity index (χ1n) is 6.81. The van der Waals surface area contributed by atoms with Gasteiger partial charge in [0.05, 0.1) is 23.5 Å². The summed E-state index contributed by atoms with van der Waals surface area (Å²) in [6.07, 6.45) is 1.95. The minimum atomic E-state index is -3.02. The Balaban J connectivity index is 1.56. The van der Waals surface area contributed by atoms with Gasteiger partial charge < -0.3 is 15.6 Å². The zero-order valence-corrected chi connectivity index (χ0v) is 13.6. The Hall–Kier alpha value is -2.01. The van der Waals surface area contributed by atoms with Crippen molar-refractivity contribution in [2.24, 2.45) is 0 Å². The molecular formula is C12H15N5O4S2.